The van der Waals surface area contributed by atoms with Crippen molar-refractivity contribution in [2.24, 2.45) is 17.8 Å². The molecule has 3 aromatic rings. The van der Waals surface area contributed by atoms with Gasteiger partial charge in [-0.15, -0.1) is 0 Å². The van der Waals surface area contributed by atoms with E-state index in [1.54, 1.807) is 36.5 Å². The van der Waals surface area contributed by atoms with Crippen LogP contribution in [0.1, 0.15) is 50.3 Å². The van der Waals surface area contributed by atoms with Gasteiger partial charge in [-0.05, 0) is 96.4 Å². The number of benzene rings is 2. The highest BCUT2D eigenvalue weighted by Crippen LogP contribution is 2.48. The number of carbonyl (C=O) groups is 2. The molecule has 0 spiro atoms. The van der Waals surface area contributed by atoms with Gasteiger partial charge in [0.2, 0.25) is 11.8 Å². The van der Waals surface area contributed by atoms with Crippen molar-refractivity contribution in [1.29, 1.82) is 0 Å². The van der Waals surface area contributed by atoms with E-state index in [1.165, 1.54) is 18.2 Å². The zero-order valence-electron chi connectivity index (χ0n) is 24.9. The summed E-state index contributed by atoms with van der Waals surface area (Å²) in [6.45, 7) is 1.58. The zero-order valence-corrected chi connectivity index (χ0v) is 25.6. The summed E-state index contributed by atoms with van der Waals surface area (Å²) in [5.74, 6) is -3.16. The SMILES string of the molecule is CCCC1=C([C@H](O)CC/C(=C/c2ccc(O)cc2Cl)c2ccccn2)[C@H](CO)[C@@H]2C(=O)N(c3cccc(B(O)O)c3)C(=O)[C@@H]2C1. The fourth-order valence-corrected chi connectivity index (χ4v) is 6.90. The van der Waals surface area contributed by atoms with E-state index < -0.39 is 49.4 Å². The third kappa shape index (κ3) is 6.76. The number of amides is 2. The molecule has 45 heavy (non-hydrogen) atoms. The van der Waals surface area contributed by atoms with E-state index in [2.05, 4.69) is 4.98 Å². The fourth-order valence-electron chi connectivity index (χ4n) is 6.67. The average molecular weight is 631 g/mol. The molecular formula is C34H36BClN2O7. The number of phenols is 1. The van der Waals surface area contributed by atoms with Gasteiger partial charge in [0.25, 0.3) is 0 Å². The summed E-state index contributed by atoms with van der Waals surface area (Å²) in [5, 5.41) is 51.9. The molecule has 9 nitrogen and oxygen atoms in total. The van der Waals surface area contributed by atoms with Crippen LogP contribution in [-0.2, 0) is 9.59 Å². The van der Waals surface area contributed by atoms with E-state index in [0.29, 0.717) is 34.7 Å². The Hall–Kier alpha value is -3.80. The highest BCUT2D eigenvalue weighted by atomic mass is 35.5. The quantitative estimate of drug-likeness (QED) is 0.122. The number of aliphatic hydroxyl groups excluding tert-OH is 2. The smallest absolute Gasteiger partial charge is 0.488 e. The second-order valence-corrected chi connectivity index (χ2v) is 12.0. The van der Waals surface area contributed by atoms with Crippen LogP contribution in [0.4, 0.5) is 5.69 Å². The number of carbonyl (C=O) groups excluding carboxylic acids is 2. The lowest BCUT2D eigenvalue weighted by atomic mass is 9.67. The van der Waals surface area contributed by atoms with Gasteiger partial charge in [0.1, 0.15) is 5.75 Å². The number of rotatable bonds is 11. The molecule has 2 aromatic carbocycles. The number of fused-ring (bicyclic) bond motifs is 1. The minimum absolute atomic E-state index is 0.0465. The van der Waals surface area contributed by atoms with Crippen molar-refractivity contribution in [3.05, 3.63) is 94.3 Å². The largest absolute Gasteiger partial charge is 0.508 e. The second-order valence-electron chi connectivity index (χ2n) is 11.6. The first-order valence-electron chi connectivity index (χ1n) is 15.1. The number of aromatic nitrogens is 1. The summed E-state index contributed by atoms with van der Waals surface area (Å²) in [7, 11) is -1.76. The Morgan fingerprint density at radius 3 is 2.58 bits per heavy atom. The number of anilines is 1. The number of imide groups is 1. The normalized spacial score (nSPS) is 20.9. The van der Waals surface area contributed by atoms with Crippen LogP contribution in [0.15, 0.2) is 78.0 Å². The molecule has 0 radical (unpaired) electrons. The van der Waals surface area contributed by atoms with Crippen molar-refractivity contribution in [1.82, 2.24) is 4.98 Å². The van der Waals surface area contributed by atoms with Gasteiger partial charge in [0.05, 0.1) is 41.0 Å². The Bertz CT molecular complexity index is 1630. The van der Waals surface area contributed by atoms with Crippen molar-refractivity contribution in [3.8, 4) is 5.75 Å². The molecule has 11 heteroatoms. The molecule has 1 aliphatic heterocycles. The van der Waals surface area contributed by atoms with E-state index in [4.69, 9.17) is 11.6 Å². The molecule has 0 bridgehead atoms. The Kier molecular flexibility index (Phi) is 10.2. The van der Waals surface area contributed by atoms with E-state index in [1.807, 2.05) is 25.1 Å². The van der Waals surface area contributed by atoms with E-state index in [-0.39, 0.29) is 29.7 Å². The van der Waals surface area contributed by atoms with Crippen LogP contribution < -0.4 is 10.4 Å². The molecule has 234 valence electrons. The lowest BCUT2D eigenvalue weighted by molar-refractivity contribution is -0.123. The molecule has 5 N–H and O–H groups in total. The van der Waals surface area contributed by atoms with Crippen molar-refractivity contribution in [2.45, 2.75) is 45.1 Å². The second kappa shape index (κ2) is 14.1. The Labute approximate surface area is 267 Å². The van der Waals surface area contributed by atoms with Gasteiger partial charge in [-0.1, -0.05) is 48.7 Å². The molecule has 2 amide bonds. The molecule has 4 atom stereocenters. The van der Waals surface area contributed by atoms with Crippen LogP contribution in [0.25, 0.3) is 11.6 Å². The molecule has 0 unspecified atom stereocenters. The number of allylic oxidation sites excluding steroid dienone is 2. The van der Waals surface area contributed by atoms with Gasteiger partial charge in [-0.25, -0.2) is 0 Å². The maximum Gasteiger partial charge on any atom is 0.488 e. The Morgan fingerprint density at radius 1 is 1.11 bits per heavy atom. The molecule has 5 rings (SSSR count). The third-order valence-corrected chi connectivity index (χ3v) is 9.04. The fraction of sp³-hybridized carbons (Fsp3) is 0.324. The highest BCUT2D eigenvalue weighted by Gasteiger charge is 2.55. The molecule has 1 saturated heterocycles. The summed E-state index contributed by atoms with van der Waals surface area (Å²) >= 11 is 6.40. The number of phenolic OH excluding ortho intramolecular Hbond substituents is 1. The molecule has 0 saturated carbocycles. The van der Waals surface area contributed by atoms with Crippen LogP contribution in [0.5, 0.6) is 5.75 Å². The van der Waals surface area contributed by atoms with Gasteiger partial charge in [0, 0.05) is 12.1 Å². The molecule has 1 aliphatic carbocycles. The molecule has 2 heterocycles. The number of aromatic hydroxyl groups is 1. The van der Waals surface area contributed by atoms with Crippen LogP contribution in [0.2, 0.25) is 5.02 Å². The van der Waals surface area contributed by atoms with Gasteiger partial charge >= 0.3 is 7.12 Å². The number of hydrogen-bond acceptors (Lipinski definition) is 8. The van der Waals surface area contributed by atoms with Gasteiger partial charge in [0.15, 0.2) is 0 Å². The lowest BCUT2D eigenvalue weighted by Crippen LogP contribution is -2.39. The topological polar surface area (TPSA) is 151 Å². The number of pyridine rings is 1. The van der Waals surface area contributed by atoms with Crippen LogP contribution >= 0.6 is 11.6 Å². The van der Waals surface area contributed by atoms with E-state index in [9.17, 15) is 35.0 Å². The monoisotopic (exact) mass is 630 g/mol. The minimum atomic E-state index is -1.76. The summed E-state index contributed by atoms with van der Waals surface area (Å²) in [4.78, 5) is 33.1. The van der Waals surface area contributed by atoms with Crippen LogP contribution in [0.3, 0.4) is 0 Å². The van der Waals surface area contributed by atoms with Gasteiger partial charge in [-0.2, -0.15) is 0 Å². The highest BCUT2D eigenvalue weighted by molar-refractivity contribution is 6.58. The van der Waals surface area contributed by atoms with Crippen LogP contribution in [-0.4, -0.2) is 62.0 Å². The third-order valence-electron chi connectivity index (χ3n) is 8.71. The Balaban J connectivity index is 1.45. The summed E-state index contributed by atoms with van der Waals surface area (Å²) in [6.07, 6.45) is 4.83. The molecular weight excluding hydrogens is 595 g/mol. The number of aliphatic hydroxyl groups is 2. The predicted octanol–water partition coefficient (Wildman–Crippen LogP) is 3.72. The van der Waals surface area contributed by atoms with Crippen molar-refractivity contribution < 1.29 is 35.0 Å². The van der Waals surface area contributed by atoms with Gasteiger partial charge in [-0.3, -0.25) is 19.5 Å². The van der Waals surface area contributed by atoms with Crippen LogP contribution in [0, 0.1) is 17.8 Å². The summed E-state index contributed by atoms with van der Waals surface area (Å²) in [5.41, 5.74) is 4.03. The number of hydrogen-bond donors (Lipinski definition) is 5. The number of nitrogens with zero attached hydrogens (tertiary/aromatic N) is 2. The van der Waals surface area contributed by atoms with E-state index in [0.717, 1.165) is 22.5 Å². The molecule has 2 aliphatic rings. The summed E-state index contributed by atoms with van der Waals surface area (Å²) < 4.78 is 0. The first kappa shape index (κ1) is 32.6. The first-order valence-corrected chi connectivity index (χ1v) is 15.5. The summed E-state index contributed by atoms with van der Waals surface area (Å²) in [6, 6.07) is 16.2. The number of halogens is 1. The zero-order chi connectivity index (χ0) is 32.2. The standard InChI is InChI=1S/C34H36BClN2O7/c1-2-6-22-16-26-32(34(43)38(33(26)42)24-8-5-7-23(17-24)35(44)45)27(19-39)31(22)30(41)13-11-21(29-9-3-4-14-37-29)15-20-10-12-25(40)18-28(20)36/h3-5,7-10,12,14-15,17-18,26-27,30,32,39-41,44-45H,2,6,11,13,16,19H2,1H3/b21-15-/t26-,27+,30-,32-/m1/s1. The molecule has 1 fully saturated rings. The van der Waals surface area contributed by atoms with Crippen molar-refractivity contribution in [3.63, 3.8) is 0 Å². The average Bonchev–Trinajstić information content (AvgIpc) is 3.28. The lowest BCUT2D eigenvalue weighted by Gasteiger charge is -2.36. The predicted molar refractivity (Wildman–Crippen MR) is 173 cm³/mol. The maximum atomic E-state index is 13.9. The molecule has 1 aromatic heterocycles. The maximum absolute atomic E-state index is 13.9. The van der Waals surface area contributed by atoms with Crippen molar-refractivity contribution >= 4 is 53.3 Å². The van der Waals surface area contributed by atoms with Gasteiger partial charge < -0.3 is 25.4 Å². The minimum Gasteiger partial charge on any atom is -0.508 e. The van der Waals surface area contributed by atoms with Crippen molar-refractivity contribution in [2.75, 3.05) is 11.5 Å². The Morgan fingerprint density at radius 2 is 1.91 bits per heavy atom. The van der Waals surface area contributed by atoms with E-state index >= 15 is 0 Å². The first-order chi connectivity index (χ1) is 21.6.